The third-order valence-electron chi connectivity index (χ3n) is 6.33. The molecule has 1 aliphatic heterocycles. The zero-order valence-corrected chi connectivity index (χ0v) is 21.0. The van der Waals surface area contributed by atoms with Gasteiger partial charge in [0.2, 0.25) is 0 Å². The number of benzene rings is 1. The smallest absolute Gasteiger partial charge is 0.408 e. The molecule has 0 unspecified atom stereocenters. The van der Waals surface area contributed by atoms with Crippen molar-refractivity contribution < 1.29 is 17.9 Å². The summed E-state index contributed by atoms with van der Waals surface area (Å²) >= 11 is 0. The predicted octanol–water partition coefficient (Wildman–Crippen LogP) is 5.10. The van der Waals surface area contributed by atoms with E-state index in [1.165, 1.54) is 17.2 Å². The van der Waals surface area contributed by atoms with Crippen LogP contribution in [0.5, 0.6) is 5.75 Å². The molecule has 1 saturated heterocycles. The van der Waals surface area contributed by atoms with E-state index in [0.717, 1.165) is 22.2 Å². The molecule has 192 valence electrons. The average molecular weight is 521 g/mol. The molecule has 2 N–H and O–H groups in total. The summed E-state index contributed by atoms with van der Waals surface area (Å²) in [7, 11) is 0. The third kappa shape index (κ3) is 4.85. The van der Waals surface area contributed by atoms with Crippen LogP contribution in [0.1, 0.15) is 37.4 Å². The summed E-state index contributed by atoms with van der Waals surface area (Å²) < 4.78 is 49.9. The lowest BCUT2D eigenvalue weighted by Gasteiger charge is -2.30. The van der Waals surface area contributed by atoms with E-state index in [-0.39, 0.29) is 36.7 Å². The second kappa shape index (κ2) is 9.84. The molecule has 11 heteroatoms. The van der Waals surface area contributed by atoms with Gasteiger partial charge in [0.15, 0.2) is 11.5 Å². The second-order valence-corrected chi connectivity index (χ2v) is 9.33. The van der Waals surface area contributed by atoms with E-state index in [4.69, 9.17) is 15.5 Å². The monoisotopic (exact) mass is 520 g/mol. The number of alkyl halides is 3. The number of likely N-dealkylation sites (tertiary alicyclic amines) is 1. The average Bonchev–Trinajstić information content (AvgIpc) is 3.40. The van der Waals surface area contributed by atoms with E-state index < -0.39 is 12.2 Å². The Morgan fingerprint density at radius 2 is 1.83 bits per heavy atom. The number of hydrogen-bond donors (Lipinski definition) is 1. The predicted molar refractivity (Wildman–Crippen MR) is 134 cm³/mol. The number of aryl methyl sites for hydroxylation is 1. The van der Waals surface area contributed by atoms with Crippen LogP contribution in [-0.2, 0) is 0 Å². The summed E-state index contributed by atoms with van der Waals surface area (Å²) in [5.41, 5.74) is 8.60. The number of halogens is 4. The first-order valence-electron chi connectivity index (χ1n) is 11.6. The maximum atomic E-state index is 14.1. The fourth-order valence-corrected chi connectivity index (χ4v) is 4.72. The zero-order chi connectivity index (χ0) is 24.9. The van der Waals surface area contributed by atoms with E-state index in [1.54, 1.807) is 16.5 Å². The topological polar surface area (TPSA) is 81.6 Å². The third-order valence-corrected chi connectivity index (χ3v) is 6.33. The number of fused-ring (bicyclic) bond motifs is 2. The van der Waals surface area contributed by atoms with Crippen molar-refractivity contribution in [3.63, 3.8) is 0 Å². The van der Waals surface area contributed by atoms with Crippen LogP contribution in [0.2, 0.25) is 0 Å². The Morgan fingerprint density at radius 3 is 2.50 bits per heavy atom. The van der Waals surface area contributed by atoms with Crippen LogP contribution in [0.3, 0.4) is 0 Å². The van der Waals surface area contributed by atoms with Gasteiger partial charge in [0.05, 0.1) is 11.6 Å². The van der Waals surface area contributed by atoms with Gasteiger partial charge < -0.3 is 10.5 Å². The molecule has 0 saturated carbocycles. The minimum absolute atomic E-state index is 0. The summed E-state index contributed by atoms with van der Waals surface area (Å²) in [4.78, 5) is 6.19. The Morgan fingerprint density at radius 1 is 1.08 bits per heavy atom. The number of nitrogens with two attached hydrogens (primary N) is 1. The Bertz CT molecular complexity index is 1390. The van der Waals surface area contributed by atoms with Crippen LogP contribution in [0.25, 0.3) is 28.1 Å². The van der Waals surface area contributed by atoms with Crippen LogP contribution in [0.4, 0.5) is 13.2 Å². The summed E-state index contributed by atoms with van der Waals surface area (Å²) in [6.45, 7) is 6.34. The summed E-state index contributed by atoms with van der Waals surface area (Å²) in [6, 6.07) is 8.57. The molecule has 3 aromatic heterocycles. The van der Waals surface area contributed by atoms with Crippen molar-refractivity contribution in [2.24, 2.45) is 5.73 Å². The quantitative estimate of drug-likeness (QED) is 0.394. The summed E-state index contributed by atoms with van der Waals surface area (Å²) in [5.74, 6) is 1.11. The molecule has 5 rings (SSSR count). The molecule has 1 aromatic carbocycles. The number of aromatic nitrogens is 4. The van der Waals surface area contributed by atoms with E-state index in [0.29, 0.717) is 30.1 Å². The Balaban J connectivity index is 0.00000304. The van der Waals surface area contributed by atoms with Crippen molar-refractivity contribution >= 4 is 29.0 Å². The zero-order valence-electron chi connectivity index (χ0n) is 20.2. The molecule has 1 fully saturated rings. The van der Waals surface area contributed by atoms with Gasteiger partial charge in [-0.1, -0.05) is 12.1 Å². The van der Waals surface area contributed by atoms with Gasteiger partial charge in [0.25, 0.3) is 0 Å². The van der Waals surface area contributed by atoms with Gasteiger partial charge in [-0.2, -0.15) is 13.2 Å². The fraction of sp³-hybridized carbons (Fsp3) is 0.400. The number of hydrogen-bond acceptors (Lipinski definition) is 6. The van der Waals surface area contributed by atoms with Gasteiger partial charge in [-0.05, 0) is 57.0 Å². The lowest BCUT2D eigenvalue weighted by molar-refractivity contribution is -0.183. The minimum Gasteiger partial charge on any atom is -0.491 e. The number of nitrogens with zero attached hydrogens (tertiary/aromatic N) is 5. The Labute approximate surface area is 212 Å². The highest BCUT2D eigenvalue weighted by atomic mass is 35.5. The summed E-state index contributed by atoms with van der Waals surface area (Å²) in [6.07, 6.45) is -2.43. The lowest BCUT2D eigenvalue weighted by Crippen LogP contribution is -2.38. The van der Waals surface area contributed by atoms with Crippen molar-refractivity contribution in [3.8, 4) is 17.3 Å². The van der Waals surface area contributed by atoms with Crippen LogP contribution in [0.15, 0.2) is 42.6 Å². The maximum Gasteiger partial charge on any atom is 0.408 e. The normalized spacial score (nSPS) is 17.6. The molecule has 0 bridgehead atoms. The maximum absolute atomic E-state index is 14.1. The molecule has 0 aliphatic carbocycles. The molecule has 4 heterocycles. The fourth-order valence-electron chi connectivity index (χ4n) is 4.72. The van der Waals surface area contributed by atoms with E-state index in [2.05, 4.69) is 10.2 Å². The molecule has 4 aromatic rings. The molecule has 7 nitrogen and oxygen atoms in total. The van der Waals surface area contributed by atoms with Crippen LogP contribution < -0.4 is 10.5 Å². The second-order valence-electron chi connectivity index (χ2n) is 9.33. The molecular weight excluding hydrogens is 493 g/mol. The first kappa shape index (κ1) is 26.1. The van der Waals surface area contributed by atoms with Crippen molar-refractivity contribution in [2.75, 3.05) is 13.1 Å². The van der Waals surface area contributed by atoms with E-state index in [1.807, 2.05) is 39.0 Å². The van der Waals surface area contributed by atoms with E-state index in [9.17, 15) is 13.2 Å². The van der Waals surface area contributed by atoms with Crippen LogP contribution in [-0.4, -0.2) is 55.9 Å². The van der Waals surface area contributed by atoms with Gasteiger partial charge in [-0.25, -0.2) is 4.98 Å². The van der Waals surface area contributed by atoms with E-state index >= 15 is 0 Å². The standard InChI is InChI=1S/C25H27F3N6O.ClH/c1-14(2)35-20-8-5-16-4-7-19(30-22(16)15(20)3)24-32-31-21-9-6-17(12-34(21)24)23(25(26,27)28)33-11-10-18(29)13-33;/h4-9,12,14,18,23H,10-11,13,29H2,1-3H3;1H/t18-,23+;/m0./s1. The number of pyridine rings is 2. The van der Waals surface area contributed by atoms with Gasteiger partial charge in [0.1, 0.15) is 17.5 Å². The van der Waals surface area contributed by atoms with Crippen LogP contribution in [0, 0.1) is 6.92 Å². The first-order chi connectivity index (χ1) is 16.6. The minimum atomic E-state index is -4.45. The molecule has 1 aliphatic rings. The van der Waals surface area contributed by atoms with Gasteiger partial charge in [-0.15, -0.1) is 22.6 Å². The summed E-state index contributed by atoms with van der Waals surface area (Å²) in [5, 5.41) is 9.34. The lowest BCUT2D eigenvalue weighted by atomic mass is 10.1. The SMILES string of the molecule is Cc1c(OC(C)C)ccc2ccc(-c3nnc4ccc([C@@H](N5CC[C@H](N)C5)C(F)(F)F)cn34)nc12.Cl. The Hall–Kier alpha value is -2.95. The van der Waals surface area contributed by atoms with Crippen molar-refractivity contribution in [2.45, 2.75) is 51.6 Å². The number of ether oxygens (including phenoxy) is 1. The van der Waals surface area contributed by atoms with Crippen LogP contribution >= 0.6 is 12.4 Å². The highest BCUT2D eigenvalue weighted by molar-refractivity contribution is 5.86. The van der Waals surface area contributed by atoms with Crippen molar-refractivity contribution in [3.05, 3.63) is 53.7 Å². The van der Waals surface area contributed by atoms with Crippen molar-refractivity contribution in [1.29, 1.82) is 0 Å². The van der Waals surface area contributed by atoms with Gasteiger partial charge >= 0.3 is 6.18 Å². The number of rotatable bonds is 5. The van der Waals surface area contributed by atoms with Crippen molar-refractivity contribution in [1.82, 2.24) is 24.5 Å². The Kier molecular flexibility index (Phi) is 7.14. The van der Waals surface area contributed by atoms with Gasteiger partial charge in [-0.3, -0.25) is 9.30 Å². The molecular formula is C25H28ClF3N6O. The largest absolute Gasteiger partial charge is 0.491 e. The molecule has 0 spiro atoms. The molecule has 2 atom stereocenters. The first-order valence-corrected chi connectivity index (χ1v) is 11.6. The van der Waals surface area contributed by atoms with Gasteiger partial charge in [0, 0.05) is 36.3 Å². The molecule has 0 radical (unpaired) electrons. The molecule has 0 amide bonds. The highest BCUT2D eigenvalue weighted by Crippen LogP contribution is 2.39. The highest BCUT2D eigenvalue weighted by Gasteiger charge is 2.46. The molecule has 36 heavy (non-hydrogen) atoms.